The molecule has 1 saturated heterocycles. The van der Waals surface area contributed by atoms with Gasteiger partial charge in [0.1, 0.15) is 5.75 Å². The molecule has 0 atom stereocenters. The van der Waals surface area contributed by atoms with E-state index in [9.17, 15) is 4.79 Å². The van der Waals surface area contributed by atoms with E-state index in [0.29, 0.717) is 17.3 Å². The molecule has 0 bridgehead atoms. The third-order valence-electron chi connectivity index (χ3n) is 4.78. The molecule has 1 aliphatic heterocycles. The standard InChI is InChI=1S/C22H27ClN2O3/c1-22(2,28-20-10-6-18(23)7-11-20)21(26)24(3)16-17-4-8-19(9-5-17)25-12-14-27-15-13-25/h4-11H,12-16H2,1-3H3. The number of ether oxygens (including phenoxy) is 2. The number of anilines is 1. The highest BCUT2D eigenvalue weighted by Crippen LogP contribution is 2.23. The van der Waals surface area contributed by atoms with Gasteiger partial charge in [0, 0.05) is 37.4 Å². The highest BCUT2D eigenvalue weighted by Gasteiger charge is 2.32. The number of amides is 1. The lowest BCUT2D eigenvalue weighted by atomic mass is 10.1. The number of hydrogen-bond acceptors (Lipinski definition) is 4. The maximum atomic E-state index is 12.9. The zero-order valence-corrected chi connectivity index (χ0v) is 17.4. The fourth-order valence-corrected chi connectivity index (χ4v) is 3.41. The second kappa shape index (κ2) is 8.84. The number of nitrogens with zero attached hydrogens (tertiary/aromatic N) is 2. The van der Waals surface area contributed by atoms with Crippen LogP contribution in [0.1, 0.15) is 19.4 Å². The molecule has 2 aromatic carbocycles. The molecule has 28 heavy (non-hydrogen) atoms. The van der Waals surface area contributed by atoms with Crippen molar-refractivity contribution in [3.05, 3.63) is 59.1 Å². The first-order chi connectivity index (χ1) is 13.3. The van der Waals surface area contributed by atoms with E-state index in [4.69, 9.17) is 21.1 Å². The van der Waals surface area contributed by atoms with Gasteiger partial charge in [0.25, 0.3) is 5.91 Å². The van der Waals surface area contributed by atoms with Gasteiger partial charge in [-0.2, -0.15) is 0 Å². The second-order valence-corrected chi connectivity index (χ2v) is 7.93. The van der Waals surface area contributed by atoms with Crippen molar-refractivity contribution in [2.45, 2.75) is 26.0 Å². The Morgan fingerprint density at radius 2 is 1.71 bits per heavy atom. The highest BCUT2D eigenvalue weighted by molar-refractivity contribution is 6.30. The summed E-state index contributed by atoms with van der Waals surface area (Å²) in [6.07, 6.45) is 0. The number of morpholine rings is 1. The summed E-state index contributed by atoms with van der Waals surface area (Å²) in [6.45, 7) is 7.44. The Balaban J connectivity index is 1.60. The van der Waals surface area contributed by atoms with Crippen molar-refractivity contribution in [2.75, 3.05) is 38.3 Å². The lowest BCUT2D eigenvalue weighted by Gasteiger charge is -2.31. The van der Waals surface area contributed by atoms with Crippen LogP contribution in [0.5, 0.6) is 5.75 Å². The first-order valence-corrected chi connectivity index (χ1v) is 9.85. The largest absolute Gasteiger partial charge is 0.478 e. The Bertz CT molecular complexity index is 784. The van der Waals surface area contributed by atoms with Gasteiger partial charge in [0.05, 0.1) is 13.2 Å². The molecule has 1 amide bonds. The molecule has 1 fully saturated rings. The molecule has 0 N–H and O–H groups in total. The van der Waals surface area contributed by atoms with Crippen molar-refractivity contribution < 1.29 is 14.3 Å². The SMILES string of the molecule is CN(Cc1ccc(N2CCOCC2)cc1)C(=O)C(C)(C)Oc1ccc(Cl)cc1. The van der Waals surface area contributed by atoms with E-state index in [-0.39, 0.29) is 5.91 Å². The molecule has 0 unspecified atom stereocenters. The molecule has 6 heteroatoms. The van der Waals surface area contributed by atoms with E-state index in [0.717, 1.165) is 31.9 Å². The van der Waals surface area contributed by atoms with E-state index < -0.39 is 5.60 Å². The minimum atomic E-state index is -0.976. The molecule has 150 valence electrons. The lowest BCUT2D eigenvalue weighted by Crippen LogP contribution is -2.47. The highest BCUT2D eigenvalue weighted by atomic mass is 35.5. The number of carbonyl (C=O) groups excluding carboxylic acids is 1. The molecule has 1 heterocycles. The van der Waals surface area contributed by atoms with Crippen LogP contribution in [0.25, 0.3) is 0 Å². The topological polar surface area (TPSA) is 42.0 Å². The van der Waals surface area contributed by atoms with Gasteiger partial charge in [-0.15, -0.1) is 0 Å². The zero-order valence-electron chi connectivity index (χ0n) is 16.7. The molecule has 0 aliphatic carbocycles. The van der Waals surface area contributed by atoms with Crippen molar-refractivity contribution in [3.8, 4) is 5.75 Å². The summed E-state index contributed by atoms with van der Waals surface area (Å²) in [5.74, 6) is 0.533. The quantitative estimate of drug-likeness (QED) is 0.732. The van der Waals surface area contributed by atoms with Crippen LogP contribution < -0.4 is 9.64 Å². The average Bonchev–Trinajstić information content (AvgIpc) is 2.70. The Morgan fingerprint density at radius 1 is 1.11 bits per heavy atom. The van der Waals surface area contributed by atoms with Gasteiger partial charge in [-0.05, 0) is 55.8 Å². The number of likely N-dealkylation sites (N-methyl/N-ethyl adjacent to an activating group) is 1. The van der Waals surface area contributed by atoms with Crippen LogP contribution >= 0.6 is 11.6 Å². The summed E-state index contributed by atoms with van der Waals surface area (Å²) < 4.78 is 11.3. The molecule has 3 rings (SSSR count). The van der Waals surface area contributed by atoms with E-state index in [2.05, 4.69) is 29.2 Å². The van der Waals surface area contributed by atoms with Crippen LogP contribution in [0.3, 0.4) is 0 Å². The maximum Gasteiger partial charge on any atom is 0.266 e. The lowest BCUT2D eigenvalue weighted by molar-refractivity contribution is -0.144. The monoisotopic (exact) mass is 402 g/mol. The predicted octanol–water partition coefficient (Wildman–Crippen LogP) is 3.99. The van der Waals surface area contributed by atoms with Gasteiger partial charge in [-0.25, -0.2) is 0 Å². The number of hydrogen-bond donors (Lipinski definition) is 0. The summed E-state index contributed by atoms with van der Waals surface area (Å²) in [6, 6.07) is 15.4. The molecular weight excluding hydrogens is 376 g/mol. The summed E-state index contributed by atoms with van der Waals surface area (Å²) in [7, 11) is 1.80. The van der Waals surface area contributed by atoms with Gasteiger partial charge in [-0.3, -0.25) is 4.79 Å². The zero-order chi connectivity index (χ0) is 20.1. The average molecular weight is 403 g/mol. The number of halogens is 1. The van der Waals surface area contributed by atoms with E-state index in [1.165, 1.54) is 5.69 Å². The van der Waals surface area contributed by atoms with Gasteiger partial charge in [0.2, 0.25) is 0 Å². The fraction of sp³-hybridized carbons (Fsp3) is 0.409. The maximum absolute atomic E-state index is 12.9. The summed E-state index contributed by atoms with van der Waals surface area (Å²) in [5.41, 5.74) is 1.29. The van der Waals surface area contributed by atoms with Crippen LogP contribution in [-0.2, 0) is 16.1 Å². The fourth-order valence-electron chi connectivity index (χ4n) is 3.28. The van der Waals surface area contributed by atoms with Crippen molar-refractivity contribution in [1.29, 1.82) is 0 Å². The van der Waals surface area contributed by atoms with E-state index in [1.54, 1.807) is 50.1 Å². The van der Waals surface area contributed by atoms with E-state index >= 15 is 0 Å². The van der Waals surface area contributed by atoms with Crippen molar-refractivity contribution in [1.82, 2.24) is 4.90 Å². The predicted molar refractivity (Wildman–Crippen MR) is 112 cm³/mol. The Labute approximate surface area is 171 Å². The molecule has 0 spiro atoms. The molecule has 0 saturated carbocycles. The van der Waals surface area contributed by atoms with Crippen LogP contribution in [-0.4, -0.2) is 49.8 Å². The molecular formula is C22H27ClN2O3. The Kier molecular flexibility index (Phi) is 6.47. The smallest absolute Gasteiger partial charge is 0.266 e. The Hall–Kier alpha value is -2.24. The van der Waals surface area contributed by atoms with E-state index in [1.807, 2.05) is 0 Å². The van der Waals surface area contributed by atoms with Gasteiger partial charge in [0.15, 0.2) is 5.60 Å². The third kappa shape index (κ3) is 5.18. The van der Waals surface area contributed by atoms with Crippen LogP contribution in [0.2, 0.25) is 5.02 Å². The first kappa shape index (κ1) is 20.5. The van der Waals surface area contributed by atoms with Crippen molar-refractivity contribution >= 4 is 23.2 Å². The number of carbonyl (C=O) groups is 1. The Morgan fingerprint density at radius 3 is 2.32 bits per heavy atom. The molecule has 5 nitrogen and oxygen atoms in total. The minimum absolute atomic E-state index is 0.0836. The van der Waals surface area contributed by atoms with Gasteiger partial charge in [-0.1, -0.05) is 23.7 Å². The molecule has 1 aliphatic rings. The summed E-state index contributed by atoms with van der Waals surface area (Å²) in [4.78, 5) is 16.9. The van der Waals surface area contributed by atoms with Crippen LogP contribution in [0.4, 0.5) is 5.69 Å². The molecule has 2 aromatic rings. The summed E-state index contributed by atoms with van der Waals surface area (Å²) >= 11 is 5.91. The summed E-state index contributed by atoms with van der Waals surface area (Å²) in [5, 5.41) is 0.633. The van der Waals surface area contributed by atoms with Crippen LogP contribution in [0, 0.1) is 0 Å². The first-order valence-electron chi connectivity index (χ1n) is 9.47. The van der Waals surface area contributed by atoms with Crippen molar-refractivity contribution in [2.24, 2.45) is 0 Å². The number of rotatable bonds is 6. The normalized spacial score (nSPS) is 14.6. The second-order valence-electron chi connectivity index (χ2n) is 7.49. The van der Waals surface area contributed by atoms with Crippen molar-refractivity contribution in [3.63, 3.8) is 0 Å². The molecule has 0 aromatic heterocycles. The number of benzene rings is 2. The van der Waals surface area contributed by atoms with Crippen LogP contribution in [0.15, 0.2) is 48.5 Å². The third-order valence-corrected chi connectivity index (χ3v) is 5.03. The minimum Gasteiger partial charge on any atom is -0.478 e. The van der Waals surface area contributed by atoms with Gasteiger partial charge >= 0.3 is 0 Å². The molecule has 0 radical (unpaired) electrons. The van der Waals surface area contributed by atoms with Gasteiger partial charge < -0.3 is 19.3 Å².